The molecule has 0 spiro atoms. The molecule has 0 amide bonds. The normalized spacial score (nSPS) is 15.9. The second-order valence-corrected chi connectivity index (χ2v) is 5.65. The van der Waals surface area contributed by atoms with E-state index in [9.17, 15) is 0 Å². The van der Waals surface area contributed by atoms with Gasteiger partial charge < -0.3 is 10.1 Å². The Morgan fingerprint density at radius 2 is 2.06 bits per heavy atom. The molecule has 1 aliphatic rings. The highest BCUT2D eigenvalue weighted by Gasteiger charge is 2.18. The fourth-order valence-electron chi connectivity index (χ4n) is 1.95. The van der Waals surface area contributed by atoms with E-state index >= 15 is 0 Å². The van der Waals surface area contributed by atoms with E-state index < -0.39 is 0 Å². The lowest BCUT2D eigenvalue weighted by Gasteiger charge is -2.10. The van der Waals surface area contributed by atoms with Crippen LogP contribution in [0.3, 0.4) is 0 Å². The maximum atomic E-state index is 5.12. The molecule has 100 valence electrons. The Morgan fingerprint density at radius 3 is 2.72 bits per heavy atom. The number of ether oxygens (including phenoxy) is 1. The van der Waals surface area contributed by atoms with Crippen molar-refractivity contribution in [2.45, 2.75) is 49.4 Å². The summed E-state index contributed by atoms with van der Waals surface area (Å²) in [6.07, 6.45) is 6.20. The molecule has 1 heterocycles. The summed E-state index contributed by atoms with van der Waals surface area (Å²) in [5.74, 6) is 0.615. The van der Waals surface area contributed by atoms with Crippen LogP contribution in [0.1, 0.15) is 39.0 Å². The van der Waals surface area contributed by atoms with Crippen molar-refractivity contribution in [2.24, 2.45) is 0 Å². The Kier molecular flexibility index (Phi) is 5.04. The second-order valence-electron chi connectivity index (χ2n) is 4.38. The minimum atomic E-state index is 0.393. The molecule has 0 unspecified atom stereocenters. The van der Waals surface area contributed by atoms with Crippen molar-refractivity contribution in [3.05, 3.63) is 0 Å². The van der Waals surface area contributed by atoms with Crippen LogP contribution in [-0.4, -0.2) is 33.9 Å². The van der Waals surface area contributed by atoms with E-state index in [2.05, 4.69) is 27.2 Å². The van der Waals surface area contributed by atoms with Gasteiger partial charge in [0.2, 0.25) is 5.95 Å². The Hall–Kier alpha value is -1.04. The zero-order chi connectivity index (χ0) is 12.8. The van der Waals surface area contributed by atoms with Crippen molar-refractivity contribution in [3.63, 3.8) is 0 Å². The molecule has 0 bridgehead atoms. The largest absolute Gasteiger partial charge is 0.467 e. The zero-order valence-electron chi connectivity index (χ0n) is 11.0. The van der Waals surface area contributed by atoms with E-state index in [-0.39, 0.29) is 0 Å². The number of methoxy groups -OCH3 is 1. The molecular formula is C12H20N4OS. The van der Waals surface area contributed by atoms with Crippen LogP contribution < -0.4 is 10.1 Å². The first-order valence-electron chi connectivity index (χ1n) is 6.52. The van der Waals surface area contributed by atoms with E-state index in [0.29, 0.717) is 17.2 Å². The van der Waals surface area contributed by atoms with Crippen molar-refractivity contribution >= 4 is 17.7 Å². The summed E-state index contributed by atoms with van der Waals surface area (Å²) in [4.78, 5) is 12.9. The van der Waals surface area contributed by atoms with E-state index in [1.807, 2.05) is 0 Å². The predicted octanol–water partition coefficient (Wildman–Crippen LogP) is 2.74. The highest BCUT2D eigenvalue weighted by molar-refractivity contribution is 7.99. The van der Waals surface area contributed by atoms with E-state index in [1.165, 1.54) is 25.7 Å². The first-order chi connectivity index (χ1) is 8.81. The Morgan fingerprint density at radius 1 is 1.28 bits per heavy atom. The molecule has 1 fully saturated rings. The molecule has 0 aliphatic heterocycles. The van der Waals surface area contributed by atoms with Gasteiger partial charge in [-0.15, -0.1) is 0 Å². The Balaban J connectivity index is 2.06. The van der Waals surface area contributed by atoms with Gasteiger partial charge in [0.15, 0.2) is 5.16 Å². The van der Waals surface area contributed by atoms with Gasteiger partial charge in [0.1, 0.15) is 0 Å². The molecule has 18 heavy (non-hydrogen) atoms. The summed E-state index contributed by atoms with van der Waals surface area (Å²) in [6, 6.07) is 0.393. The maximum absolute atomic E-state index is 5.12. The van der Waals surface area contributed by atoms with Crippen LogP contribution in [0.5, 0.6) is 6.01 Å². The molecule has 0 radical (unpaired) electrons. The van der Waals surface area contributed by atoms with E-state index in [4.69, 9.17) is 4.74 Å². The number of rotatable bonds is 6. The predicted molar refractivity (Wildman–Crippen MR) is 73.3 cm³/mol. The van der Waals surface area contributed by atoms with Crippen LogP contribution in [-0.2, 0) is 0 Å². The van der Waals surface area contributed by atoms with Crippen LogP contribution in [0, 0.1) is 0 Å². The van der Waals surface area contributed by atoms with Crippen LogP contribution >= 0.6 is 11.8 Å². The van der Waals surface area contributed by atoms with Crippen LogP contribution in [0.15, 0.2) is 5.16 Å². The third-order valence-electron chi connectivity index (χ3n) is 2.88. The molecule has 2 rings (SSSR count). The molecule has 1 aromatic rings. The van der Waals surface area contributed by atoms with Crippen molar-refractivity contribution in [3.8, 4) is 6.01 Å². The number of hydrogen-bond acceptors (Lipinski definition) is 6. The van der Waals surface area contributed by atoms with Gasteiger partial charge in [-0.25, -0.2) is 0 Å². The van der Waals surface area contributed by atoms with Gasteiger partial charge in [-0.3, -0.25) is 0 Å². The van der Waals surface area contributed by atoms with Crippen molar-refractivity contribution in [1.82, 2.24) is 15.0 Å². The summed E-state index contributed by atoms with van der Waals surface area (Å²) < 4.78 is 5.12. The number of anilines is 1. The molecular weight excluding hydrogens is 248 g/mol. The number of aromatic nitrogens is 3. The summed E-state index contributed by atoms with van der Waals surface area (Å²) in [7, 11) is 1.59. The molecule has 1 saturated carbocycles. The quantitative estimate of drug-likeness (QED) is 0.856. The summed E-state index contributed by atoms with van der Waals surface area (Å²) >= 11 is 1.75. The molecule has 0 aromatic carbocycles. The van der Waals surface area contributed by atoms with Crippen LogP contribution in [0.2, 0.25) is 0 Å². The number of hydrogen-bond donors (Lipinski definition) is 1. The summed E-state index contributed by atoms with van der Waals surface area (Å²) in [5, 5.41) is 4.60. The van der Waals surface area contributed by atoms with Crippen LogP contribution in [0.4, 0.5) is 5.95 Å². The maximum Gasteiger partial charge on any atom is 0.321 e. The fraction of sp³-hybridized carbons (Fsp3) is 0.750. The van der Waals surface area contributed by atoms with Crippen molar-refractivity contribution < 1.29 is 4.74 Å². The van der Waals surface area contributed by atoms with Crippen LogP contribution in [0.25, 0.3) is 0 Å². The van der Waals surface area contributed by atoms with Gasteiger partial charge in [0.05, 0.1) is 7.11 Å². The topological polar surface area (TPSA) is 59.9 Å². The third-order valence-corrected chi connectivity index (χ3v) is 4.08. The first-order valence-corrected chi connectivity index (χ1v) is 7.40. The molecule has 1 aliphatic carbocycles. The van der Waals surface area contributed by atoms with Gasteiger partial charge in [0, 0.05) is 11.8 Å². The monoisotopic (exact) mass is 268 g/mol. The first kappa shape index (κ1) is 13.4. The molecule has 0 saturated heterocycles. The molecule has 5 nitrogen and oxygen atoms in total. The minimum absolute atomic E-state index is 0.393. The fourth-order valence-corrected chi connectivity index (χ4v) is 3.09. The zero-order valence-corrected chi connectivity index (χ0v) is 11.8. The minimum Gasteiger partial charge on any atom is -0.467 e. The number of thioether (sulfide) groups is 1. The smallest absolute Gasteiger partial charge is 0.321 e. The van der Waals surface area contributed by atoms with E-state index in [0.717, 1.165) is 18.1 Å². The van der Waals surface area contributed by atoms with Gasteiger partial charge in [-0.1, -0.05) is 31.5 Å². The molecule has 1 N–H and O–H groups in total. The lowest BCUT2D eigenvalue weighted by atomic mass is 10.4. The second kappa shape index (κ2) is 6.78. The summed E-state index contributed by atoms with van der Waals surface area (Å²) in [6.45, 7) is 2.97. The molecule has 1 aromatic heterocycles. The number of nitrogens with one attached hydrogen (secondary N) is 1. The third kappa shape index (κ3) is 3.73. The Labute approximate surface area is 112 Å². The highest BCUT2D eigenvalue weighted by Crippen LogP contribution is 2.33. The standard InChI is InChI=1S/C12H20N4OS/c1-3-8-13-10-14-11(17-2)16-12(15-10)18-9-6-4-5-7-9/h9H,3-8H2,1-2H3,(H,13,14,15,16). The van der Waals surface area contributed by atoms with Gasteiger partial charge in [0.25, 0.3) is 0 Å². The average molecular weight is 268 g/mol. The molecule has 6 heteroatoms. The lowest BCUT2D eigenvalue weighted by molar-refractivity contribution is 0.373. The Bertz CT molecular complexity index is 382. The highest BCUT2D eigenvalue weighted by atomic mass is 32.2. The van der Waals surface area contributed by atoms with E-state index in [1.54, 1.807) is 18.9 Å². The van der Waals surface area contributed by atoms with Gasteiger partial charge in [-0.2, -0.15) is 15.0 Å². The number of nitrogens with zero attached hydrogens (tertiary/aromatic N) is 3. The SMILES string of the molecule is CCCNc1nc(OC)nc(SC2CCCC2)n1. The average Bonchev–Trinajstić information content (AvgIpc) is 2.89. The molecule has 0 atom stereocenters. The van der Waals surface area contributed by atoms with Gasteiger partial charge >= 0.3 is 6.01 Å². The van der Waals surface area contributed by atoms with Crippen molar-refractivity contribution in [2.75, 3.05) is 19.0 Å². The summed E-state index contributed by atoms with van der Waals surface area (Å²) in [5.41, 5.74) is 0. The lowest BCUT2D eigenvalue weighted by Crippen LogP contribution is -2.08. The van der Waals surface area contributed by atoms with Crippen molar-refractivity contribution in [1.29, 1.82) is 0 Å². The van der Waals surface area contributed by atoms with Gasteiger partial charge in [-0.05, 0) is 19.3 Å².